The predicted octanol–water partition coefficient (Wildman–Crippen LogP) is 9.70. The second-order valence-electron chi connectivity index (χ2n) is 21.5. The molecule has 0 radical (unpaired) electrons. The number of ketones is 1. The molecule has 6 heterocycles. The maximum Gasteiger partial charge on any atom is 0.453 e. The van der Waals surface area contributed by atoms with Gasteiger partial charge in [-0.2, -0.15) is 26.3 Å². The van der Waals surface area contributed by atoms with E-state index in [-0.39, 0.29) is 71.3 Å². The van der Waals surface area contributed by atoms with Crippen LogP contribution in [0.2, 0.25) is 10.0 Å². The van der Waals surface area contributed by atoms with Gasteiger partial charge in [0, 0.05) is 77.8 Å². The first kappa shape index (κ1) is 59.5. The molecule has 7 aromatic rings. The van der Waals surface area contributed by atoms with Gasteiger partial charge in [0.2, 0.25) is 0 Å². The van der Waals surface area contributed by atoms with Gasteiger partial charge in [-0.1, -0.05) is 89.9 Å². The number of nitrogens with one attached hydrogen (secondary N) is 3. The number of halogens is 8. The van der Waals surface area contributed by atoms with Crippen molar-refractivity contribution < 1.29 is 50.2 Å². The topological polar surface area (TPSA) is 215 Å². The van der Waals surface area contributed by atoms with Crippen molar-refractivity contribution in [3.8, 4) is 0 Å². The first-order chi connectivity index (χ1) is 38.0. The average Bonchev–Trinajstić information content (AvgIpc) is 4.19. The fraction of sp³-hybridized carbons (Fsp3) is 0.426. The Kier molecular flexibility index (Phi) is 17.5. The zero-order valence-corrected chi connectivity index (χ0v) is 46.4. The Labute approximate surface area is 469 Å². The number of anilines is 2. The van der Waals surface area contributed by atoms with Crippen molar-refractivity contribution >= 4 is 63.8 Å². The minimum atomic E-state index is -5.02. The van der Waals surface area contributed by atoms with Gasteiger partial charge in [-0.15, -0.1) is 20.4 Å². The lowest BCUT2D eigenvalue weighted by atomic mass is 10.0. The zero-order valence-electron chi connectivity index (χ0n) is 44.8. The minimum Gasteiger partial charge on any atom is -0.444 e. The van der Waals surface area contributed by atoms with E-state index in [1.807, 2.05) is 5.10 Å². The van der Waals surface area contributed by atoms with Crippen LogP contribution in [0, 0.1) is 0 Å². The number of ether oxygens (including phenoxy) is 2. The van der Waals surface area contributed by atoms with Crippen LogP contribution >= 0.6 is 23.2 Å². The number of hydrogen-bond acceptors (Lipinski definition) is 13. The Morgan fingerprint density at radius 2 is 1.07 bits per heavy atom. The molecule has 81 heavy (non-hydrogen) atoms. The van der Waals surface area contributed by atoms with E-state index in [2.05, 4.69) is 31.0 Å². The van der Waals surface area contributed by atoms with Crippen molar-refractivity contribution in [1.82, 2.24) is 49.8 Å². The van der Waals surface area contributed by atoms with Gasteiger partial charge in [0.1, 0.15) is 28.8 Å². The molecule has 0 unspecified atom stereocenters. The van der Waals surface area contributed by atoms with E-state index in [9.17, 15) is 50.3 Å². The van der Waals surface area contributed by atoms with Crippen molar-refractivity contribution in [3.63, 3.8) is 0 Å². The molecule has 2 saturated heterocycles. The van der Waals surface area contributed by atoms with Gasteiger partial charge in [-0.05, 0) is 90.5 Å². The minimum absolute atomic E-state index is 0.0254. The molecular formula is C54H58Cl2F6N12O7. The molecule has 2 amide bonds. The molecule has 0 bridgehead atoms. The number of piperidine rings is 2. The molecule has 0 aliphatic carbocycles. The lowest BCUT2D eigenvalue weighted by Gasteiger charge is -2.34. The molecule has 3 N–H and O–H groups in total. The molecule has 3 aromatic carbocycles. The number of hydrogen-bond donors (Lipinski definition) is 3. The molecular weight excluding hydrogens is 1110 g/mol. The number of aromatic amines is 1. The summed E-state index contributed by atoms with van der Waals surface area (Å²) in [5.41, 5.74) is -1.83. The maximum atomic E-state index is 14.5. The van der Waals surface area contributed by atoms with Crippen LogP contribution in [-0.4, -0.2) is 107 Å². The van der Waals surface area contributed by atoms with Crippen LogP contribution in [0.1, 0.15) is 111 Å². The third-order valence-corrected chi connectivity index (χ3v) is 13.6. The first-order valence-electron chi connectivity index (χ1n) is 25.8. The van der Waals surface area contributed by atoms with Gasteiger partial charge in [0.15, 0.2) is 17.4 Å². The number of alkyl carbamates (subject to hydrolysis) is 2. The Balaban J connectivity index is 0.000000218. The second kappa shape index (κ2) is 23.8. The number of Topliss-reactive ketones (excluding diaryl/α,β-unsaturated/α-hetero) is 1. The summed E-state index contributed by atoms with van der Waals surface area (Å²) in [6.45, 7) is 11.1. The highest BCUT2D eigenvalue weighted by Crippen LogP contribution is 2.36. The van der Waals surface area contributed by atoms with Crippen molar-refractivity contribution in [3.05, 3.63) is 149 Å². The average molecular weight is 1170 g/mol. The number of carbonyl (C=O) groups is 3. The van der Waals surface area contributed by atoms with Gasteiger partial charge in [-0.3, -0.25) is 14.4 Å². The lowest BCUT2D eigenvalue weighted by Crippen LogP contribution is -2.49. The summed E-state index contributed by atoms with van der Waals surface area (Å²) in [6.07, 6.45) is -8.54. The Morgan fingerprint density at radius 3 is 1.53 bits per heavy atom. The van der Waals surface area contributed by atoms with E-state index in [0.717, 1.165) is 0 Å². The summed E-state index contributed by atoms with van der Waals surface area (Å²) in [5, 5.41) is 23.7. The largest absolute Gasteiger partial charge is 0.453 e. The molecule has 2 aliphatic heterocycles. The maximum absolute atomic E-state index is 14.5. The molecule has 4 aromatic heterocycles. The van der Waals surface area contributed by atoms with Crippen LogP contribution in [0.3, 0.4) is 0 Å². The quantitative estimate of drug-likeness (QED) is 0.0813. The highest BCUT2D eigenvalue weighted by molar-refractivity contribution is 6.31. The molecule has 432 valence electrons. The predicted molar refractivity (Wildman–Crippen MR) is 289 cm³/mol. The van der Waals surface area contributed by atoms with Gasteiger partial charge in [0.05, 0.1) is 0 Å². The normalized spacial score (nSPS) is 16.2. The van der Waals surface area contributed by atoms with E-state index in [1.165, 1.54) is 12.1 Å². The SMILES string of the molecule is CC(C)(C)OC(=O)N[C@@H]1CCCN(c2nn3c(C(F)(F)F)n[nH]c(=O)c3c2Cc2ccccc2Cl)C1.CC(C)(C)OC(=O)N[C@@H]1CCCN(c2nn3c(C(F)(F)F)nn(CC(=O)c4ccccc4)c(=O)c3c2Cc2ccccc2Cl)C1. The number of alkyl halides is 6. The third-order valence-electron chi connectivity index (χ3n) is 12.9. The molecule has 2 fully saturated rings. The summed E-state index contributed by atoms with van der Waals surface area (Å²) in [6, 6.07) is 20.9. The van der Waals surface area contributed by atoms with E-state index in [4.69, 9.17) is 32.7 Å². The summed E-state index contributed by atoms with van der Waals surface area (Å²) < 4.78 is 96.9. The Morgan fingerprint density at radius 1 is 0.630 bits per heavy atom. The van der Waals surface area contributed by atoms with Crippen LogP contribution in [0.5, 0.6) is 0 Å². The summed E-state index contributed by atoms with van der Waals surface area (Å²) in [5.74, 6) is -3.05. The van der Waals surface area contributed by atoms with Gasteiger partial charge in [-0.25, -0.2) is 28.4 Å². The molecule has 27 heteroatoms. The Hall–Kier alpha value is -7.67. The fourth-order valence-electron chi connectivity index (χ4n) is 9.51. The van der Waals surface area contributed by atoms with Gasteiger partial charge >= 0.3 is 24.5 Å². The van der Waals surface area contributed by atoms with Crippen molar-refractivity contribution in [1.29, 1.82) is 0 Å². The molecule has 9 rings (SSSR count). The van der Waals surface area contributed by atoms with Gasteiger partial charge in [0.25, 0.3) is 22.8 Å². The molecule has 0 spiro atoms. The summed E-state index contributed by atoms with van der Waals surface area (Å²) >= 11 is 12.8. The van der Waals surface area contributed by atoms with Crippen LogP contribution in [0.4, 0.5) is 47.6 Å². The third kappa shape index (κ3) is 14.5. The van der Waals surface area contributed by atoms with Crippen LogP contribution in [0.15, 0.2) is 88.5 Å². The van der Waals surface area contributed by atoms with E-state index in [0.29, 0.717) is 73.7 Å². The van der Waals surface area contributed by atoms with Crippen molar-refractivity contribution in [2.45, 2.75) is 122 Å². The number of aromatic nitrogens is 8. The summed E-state index contributed by atoms with van der Waals surface area (Å²) in [4.78, 5) is 67.9. The fourth-order valence-corrected chi connectivity index (χ4v) is 9.91. The van der Waals surface area contributed by atoms with E-state index < -0.39 is 76.9 Å². The van der Waals surface area contributed by atoms with E-state index in [1.54, 1.807) is 118 Å². The zero-order chi connectivity index (χ0) is 58.8. The van der Waals surface area contributed by atoms with Crippen molar-refractivity contribution in [2.24, 2.45) is 0 Å². The highest BCUT2D eigenvalue weighted by atomic mass is 35.5. The van der Waals surface area contributed by atoms with Crippen LogP contribution in [-0.2, 0) is 41.2 Å². The second-order valence-corrected chi connectivity index (χ2v) is 22.3. The lowest BCUT2D eigenvalue weighted by molar-refractivity contribution is -0.148. The summed E-state index contributed by atoms with van der Waals surface area (Å²) in [7, 11) is 0. The standard InChI is InChI=1S/C31H32ClF3N6O4.C23H26ClF3N6O3/c1-30(2,3)45-29(44)36-21-13-9-15-39(17-21)26-22(16-20-12-7-8-14-23(20)32)25-27(43)40(18-24(42)19-10-5-4-6-11-19)38-28(31(33,34)35)41(25)37-26;1-22(2,3)36-21(35)28-14-8-6-10-32(12-14)18-15(11-13-7-4-5-9-16(13)24)17-19(34)29-30-20(23(25,26)27)33(17)31-18/h4-8,10-12,14,21H,9,13,15-18H2,1-3H3,(H,36,44);4-5,7,9,14H,6,8,10-12H2,1-3H3,(H,28,35)(H,29,34)/t21-;14-/m11/s1. The van der Waals surface area contributed by atoms with Gasteiger partial charge < -0.3 is 29.9 Å². The van der Waals surface area contributed by atoms with Crippen LogP contribution < -0.4 is 31.6 Å². The molecule has 19 nitrogen and oxygen atoms in total. The smallest absolute Gasteiger partial charge is 0.444 e. The molecule has 2 aliphatic rings. The van der Waals surface area contributed by atoms with Crippen molar-refractivity contribution in [2.75, 3.05) is 36.0 Å². The highest BCUT2D eigenvalue weighted by Gasteiger charge is 2.41. The van der Waals surface area contributed by atoms with E-state index >= 15 is 0 Å². The molecule has 0 saturated carbocycles. The Bertz CT molecular complexity index is 3570. The number of carbonyl (C=O) groups excluding carboxylic acids is 3. The number of fused-ring (bicyclic) bond motifs is 2. The number of rotatable bonds is 11. The number of H-pyrrole nitrogens is 1. The first-order valence-corrected chi connectivity index (χ1v) is 26.5. The number of benzene rings is 3. The monoisotopic (exact) mass is 1170 g/mol. The number of nitrogens with zero attached hydrogens (tertiary/aromatic N) is 9. The van der Waals surface area contributed by atoms with Crippen LogP contribution in [0.25, 0.3) is 11.0 Å². The molecule has 2 atom stereocenters. The number of amides is 2.